The monoisotopic (exact) mass is 323 g/mol. The highest BCUT2D eigenvalue weighted by Crippen LogP contribution is 2.18. The number of nitrogens with one attached hydrogen (secondary N) is 1. The van der Waals surface area contributed by atoms with E-state index < -0.39 is 11.8 Å². The van der Waals surface area contributed by atoms with E-state index >= 15 is 0 Å². The fourth-order valence-corrected chi connectivity index (χ4v) is 2.12. The number of benzene rings is 2. The molecule has 6 nitrogen and oxygen atoms in total. The van der Waals surface area contributed by atoms with Gasteiger partial charge in [-0.1, -0.05) is 30.3 Å². The first-order chi connectivity index (χ1) is 11.6. The SMILES string of the molecule is COc1ccc(N(NC(C#N)C(=O)c2ccccc2)C(C)=O)cc1. The van der Waals surface area contributed by atoms with Crippen LogP contribution in [0.4, 0.5) is 5.69 Å². The van der Waals surface area contributed by atoms with Crippen LogP contribution in [0.3, 0.4) is 0 Å². The number of amides is 1. The second kappa shape index (κ2) is 7.90. The molecule has 0 aliphatic heterocycles. The number of hydrogen-bond acceptors (Lipinski definition) is 5. The van der Waals surface area contributed by atoms with Crippen LogP contribution in [0.25, 0.3) is 0 Å². The molecule has 0 bridgehead atoms. The maximum atomic E-state index is 12.4. The van der Waals surface area contributed by atoms with Crippen molar-refractivity contribution in [3.8, 4) is 11.8 Å². The van der Waals surface area contributed by atoms with Gasteiger partial charge in [-0.25, -0.2) is 10.4 Å². The van der Waals surface area contributed by atoms with Crippen LogP contribution in [0.1, 0.15) is 17.3 Å². The first-order valence-electron chi connectivity index (χ1n) is 7.26. The van der Waals surface area contributed by atoms with Crippen molar-refractivity contribution in [3.05, 3.63) is 60.2 Å². The second-order valence-corrected chi connectivity index (χ2v) is 4.97. The van der Waals surface area contributed by atoms with Gasteiger partial charge in [-0.3, -0.25) is 9.59 Å². The predicted molar refractivity (Wildman–Crippen MR) is 89.5 cm³/mol. The first kappa shape index (κ1) is 17.2. The molecule has 6 heteroatoms. The van der Waals surface area contributed by atoms with E-state index in [-0.39, 0.29) is 5.91 Å². The number of Topliss-reactive ketones (excluding diaryl/α,β-unsaturated/α-hetero) is 1. The lowest BCUT2D eigenvalue weighted by molar-refractivity contribution is -0.117. The molecule has 0 radical (unpaired) electrons. The highest BCUT2D eigenvalue weighted by atomic mass is 16.5. The van der Waals surface area contributed by atoms with E-state index in [4.69, 9.17) is 4.74 Å². The number of ether oxygens (including phenoxy) is 1. The van der Waals surface area contributed by atoms with Crippen molar-refractivity contribution in [1.29, 1.82) is 5.26 Å². The number of methoxy groups -OCH3 is 1. The van der Waals surface area contributed by atoms with Gasteiger partial charge in [0, 0.05) is 12.5 Å². The number of anilines is 1. The van der Waals surface area contributed by atoms with Crippen molar-refractivity contribution >= 4 is 17.4 Å². The summed E-state index contributed by atoms with van der Waals surface area (Å²) in [6, 6.07) is 15.9. The number of carbonyl (C=O) groups excluding carboxylic acids is 2. The van der Waals surface area contributed by atoms with Gasteiger partial charge in [0.25, 0.3) is 0 Å². The van der Waals surface area contributed by atoms with Crippen LogP contribution in [-0.4, -0.2) is 24.8 Å². The first-order valence-corrected chi connectivity index (χ1v) is 7.26. The minimum absolute atomic E-state index is 0.346. The summed E-state index contributed by atoms with van der Waals surface area (Å²) < 4.78 is 5.08. The molecule has 2 aromatic carbocycles. The average molecular weight is 323 g/mol. The molecule has 1 unspecified atom stereocenters. The smallest absolute Gasteiger partial charge is 0.238 e. The van der Waals surface area contributed by atoms with Gasteiger partial charge in [0.15, 0.2) is 11.8 Å². The van der Waals surface area contributed by atoms with Crippen LogP contribution in [0.2, 0.25) is 0 Å². The zero-order chi connectivity index (χ0) is 17.5. The molecule has 122 valence electrons. The highest BCUT2D eigenvalue weighted by Gasteiger charge is 2.24. The van der Waals surface area contributed by atoms with Gasteiger partial charge in [-0.05, 0) is 24.3 Å². The summed E-state index contributed by atoms with van der Waals surface area (Å²) in [7, 11) is 1.54. The molecule has 0 aliphatic rings. The summed E-state index contributed by atoms with van der Waals surface area (Å²) in [5.74, 6) is -0.112. The maximum Gasteiger partial charge on any atom is 0.238 e. The summed E-state index contributed by atoms with van der Waals surface area (Å²) in [4.78, 5) is 24.3. The standard InChI is InChI=1S/C18H17N3O3/c1-13(22)21(15-8-10-16(24-2)11-9-15)20-17(12-19)18(23)14-6-4-3-5-7-14/h3-11,17,20H,1-2H3. The van der Waals surface area contributed by atoms with Gasteiger partial charge >= 0.3 is 0 Å². The third kappa shape index (κ3) is 3.97. The molecule has 0 heterocycles. The third-order valence-corrected chi connectivity index (χ3v) is 3.35. The Morgan fingerprint density at radius 1 is 1.12 bits per heavy atom. The van der Waals surface area contributed by atoms with E-state index in [1.54, 1.807) is 61.7 Å². The molecule has 1 amide bonds. The van der Waals surface area contributed by atoms with E-state index in [1.807, 2.05) is 6.07 Å². The molecule has 1 N–H and O–H groups in total. The normalized spacial score (nSPS) is 11.2. The van der Waals surface area contributed by atoms with E-state index in [0.29, 0.717) is 17.0 Å². The Bertz CT molecular complexity index is 751. The average Bonchev–Trinajstić information content (AvgIpc) is 2.63. The number of nitrogens with zero attached hydrogens (tertiary/aromatic N) is 2. The molecule has 2 rings (SSSR count). The van der Waals surface area contributed by atoms with Gasteiger partial charge in [0.05, 0.1) is 18.9 Å². The van der Waals surface area contributed by atoms with Crippen molar-refractivity contribution < 1.29 is 14.3 Å². The van der Waals surface area contributed by atoms with Crippen LogP contribution >= 0.6 is 0 Å². The number of nitriles is 1. The predicted octanol–water partition coefficient (Wildman–Crippen LogP) is 2.33. The lowest BCUT2D eigenvalue weighted by Gasteiger charge is -2.24. The maximum absolute atomic E-state index is 12.4. The number of hydrazine groups is 1. The van der Waals surface area contributed by atoms with Crippen LogP contribution in [0, 0.1) is 11.3 Å². The summed E-state index contributed by atoms with van der Waals surface area (Å²) in [5.41, 5.74) is 3.59. The van der Waals surface area contributed by atoms with Crippen LogP contribution < -0.4 is 15.2 Å². The van der Waals surface area contributed by atoms with E-state index in [1.165, 1.54) is 11.9 Å². The summed E-state index contributed by atoms with van der Waals surface area (Å²) in [5, 5.41) is 10.5. The number of hydrogen-bond donors (Lipinski definition) is 1. The van der Waals surface area contributed by atoms with Gasteiger partial charge in [0.1, 0.15) is 5.75 Å². The summed E-state index contributed by atoms with van der Waals surface area (Å²) in [6.45, 7) is 1.35. The molecule has 0 saturated heterocycles. The fourth-order valence-electron chi connectivity index (χ4n) is 2.12. The van der Waals surface area contributed by atoms with Crippen molar-refractivity contribution in [2.75, 3.05) is 12.1 Å². The van der Waals surface area contributed by atoms with Crippen LogP contribution in [-0.2, 0) is 4.79 Å². The number of ketones is 1. The van der Waals surface area contributed by atoms with E-state index in [0.717, 1.165) is 0 Å². The molecule has 24 heavy (non-hydrogen) atoms. The molecule has 1 atom stereocenters. The number of carbonyl (C=O) groups is 2. The highest BCUT2D eigenvalue weighted by molar-refractivity contribution is 6.02. The lowest BCUT2D eigenvalue weighted by Crippen LogP contribution is -2.50. The minimum atomic E-state index is -1.18. The van der Waals surface area contributed by atoms with Crippen LogP contribution in [0.5, 0.6) is 5.75 Å². The topological polar surface area (TPSA) is 82.4 Å². The van der Waals surface area contributed by atoms with Gasteiger partial charge in [-0.2, -0.15) is 5.26 Å². The van der Waals surface area contributed by atoms with Crippen molar-refractivity contribution in [1.82, 2.24) is 5.43 Å². The molecule has 0 aromatic heterocycles. The zero-order valence-electron chi connectivity index (χ0n) is 13.4. The fraction of sp³-hybridized carbons (Fsp3) is 0.167. The van der Waals surface area contributed by atoms with Crippen LogP contribution in [0.15, 0.2) is 54.6 Å². The molecular formula is C18H17N3O3. The van der Waals surface area contributed by atoms with E-state index in [2.05, 4.69) is 5.43 Å². The van der Waals surface area contributed by atoms with Crippen molar-refractivity contribution in [2.45, 2.75) is 13.0 Å². The molecular weight excluding hydrogens is 306 g/mol. The molecule has 0 aliphatic carbocycles. The second-order valence-electron chi connectivity index (χ2n) is 4.97. The van der Waals surface area contributed by atoms with Crippen molar-refractivity contribution in [2.24, 2.45) is 0 Å². The summed E-state index contributed by atoms with van der Waals surface area (Å²) in [6.07, 6.45) is 0. The summed E-state index contributed by atoms with van der Waals surface area (Å²) >= 11 is 0. The third-order valence-electron chi connectivity index (χ3n) is 3.35. The van der Waals surface area contributed by atoms with Gasteiger partial charge in [-0.15, -0.1) is 0 Å². The largest absolute Gasteiger partial charge is 0.497 e. The minimum Gasteiger partial charge on any atom is -0.497 e. The lowest BCUT2D eigenvalue weighted by atomic mass is 10.1. The molecule has 0 fully saturated rings. The Morgan fingerprint density at radius 3 is 2.25 bits per heavy atom. The quantitative estimate of drug-likeness (QED) is 0.651. The molecule has 0 spiro atoms. The van der Waals surface area contributed by atoms with Gasteiger partial charge < -0.3 is 4.74 Å². The Balaban J connectivity index is 2.23. The molecule has 0 saturated carbocycles. The van der Waals surface area contributed by atoms with E-state index in [9.17, 15) is 14.9 Å². The Labute approximate surface area is 140 Å². The Hall–Kier alpha value is -3.17. The van der Waals surface area contributed by atoms with Crippen molar-refractivity contribution in [3.63, 3.8) is 0 Å². The zero-order valence-corrected chi connectivity index (χ0v) is 13.4. The molecule has 2 aromatic rings. The Morgan fingerprint density at radius 2 is 1.75 bits per heavy atom. The van der Waals surface area contributed by atoms with Gasteiger partial charge in [0.2, 0.25) is 5.91 Å². The Kier molecular flexibility index (Phi) is 5.66. The number of rotatable bonds is 6.